The third kappa shape index (κ3) is 3.92. The molecular weight excluding hydrogens is 248 g/mol. The van der Waals surface area contributed by atoms with Gasteiger partial charge in [-0.05, 0) is 29.7 Å². The van der Waals surface area contributed by atoms with Crippen molar-refractivity contribution in [3.8, 4) is 0 Å². The normalized spacial score (nSPS) is 11.2. The molecule has 0 spiro atoms. The van der Waals surface area contributed by atoms with Crippen LogP contribution in [-0.2, 0) is 26.6 Å². The standard InChI is InChI=1S/C16H24N4/c1-3-20(9-8-14-11-18-19(2)12-14)13-16-7-5-4-6-15(16)10-17/h4-7,11-12H,3,8-10,13,17H2,1-2H3. The Morgan fingerprint density at radius 1 is 1.25 bits per heavy atom. The molecule has 0 aliphatic carbocycles. The fourth-order valence-corrected chi connectivity index (χ4v) is 2.39. The summed E-state index contributed by atoms with van der Waals surface area (Å²) in [7, 11) is 1.96. The Morgan fingerprint density at radius 3 is 2.60 bits per heavy atom. The summed E-state index contributed by atoms with van der Waals surface area (Å²) in [6.45, 7) is 5.86. The molecule has 0 saturated carbocycles. The fourth-order valence-electron chi connectivity index (χ4n) is 2.39. The van der Waals surface area contributed by atoms with E-state index in [1.165, 1.54) is 16.7 Å². The maximum absolute atomic E-state index is 5.81. The molecule has 0 unspecified atom stereocenters. The molecule has 1 heterocycles. The van der Waals surface area contributed by atoms with Gasteiger partial charge in [0, 0.05) is 32.9 Å². The molecule has 1 aromatic carbocycles. The quantitative estimate of drug-likeness (QED) is 0.838. The zero-order chi connectivity index (χ0) is 14.4. The number of nitrogens with zero attached hydrogens (tertiary/aromatic N) is 3. The van der Waals surface area contributed by atoms with Crippen molar-refractivity contribution in [3.05, 3.63) is 53.3 Å². The van der Waals surface area contributed by atoms with Gasteiger partial charge >= 0.3 is 0 Å². The predicted octanol–water partition coefficient (Wildman–Crippen LogP) is 1.94. The van der Waals surface area contributed by atoms with E-state index < -0.39 is 0 Å². The van der Waals surface area contributed by atoms with Crippen LogP contribution in [0.5, 0.6) is 0 Å². The van der Waals surface area contributed by atoms with Crippen LogP contribution < -0.4 is 5.73 Å². The van der Waals surface area contributed by atoms with Crippen molar-refractivity contribution in [2.45, 2.75) is 26.4 Å². The SMILES string of the molecule is CCN(CCc1cnn(C)c1)Cc1ccccc1CN. The van der Waals surface area contributed by atoms with E-state index in [9.17, 15) is 0 Å². The van der Waals surface area contributed by atoms with Gasteiger partial charge in [0.1, 0.15) is 0 Å². The lowest BCUT2D eigenvalue weighted by atomic mass is 10.1. The van der Waals surface area contributed by atoms with E-state index >= 15 is 0 Å². The van der Waals surface area contributed by atoms with Crippen LogP contribution in [0.15, 0.2) is 36.7 Å². The van der Waals surface area contributed by atoms with Crippen LogP contribution in [0.2, 0.25) is 0 Å². The predicted molar refractivity (Wildman–Crippen MR) is 82.2 cm³/mol. The molecule has 108 valence electrons. The third-order valence-electron chi connectivity index (χ3n) is 3.65. The van der Waals surface area contributed by atoms with Gasteiger partial charge in [0.15, 0.2) is 0 Å². The van der Waals surface area contributed by atoms with Gasteiger partial charge in [-0.25, -0.2) is 0 Å². The van der Waals surface area contributed by atoms with Crippen molar-refractivity contribution in [2.24, 2.45) is 12.8 Å². The topological polar surface area (TPSA) is 47.1 Å². The summed E-state index contributed by atoms with van der Waals surface area (Å²) in [5, 5.41) is 4.21. The number of rotatable bonds is 7. The molecule has 1 aromatic heterocycles. The lowest BCUT2D eigenvalue weighted by molar-refractivity contribution is 0.283. The van der Waals surface area contributed by atoms with E-state index in [2.05, 4.69) is 47.4 Å². The van der Waals surface area contributed by atoms with Crippen molar-refractivity contribution in [3.63, 3.8) is 0 Å². The molecule has 0 atom stereocenters. The second-order valence-electron chi connectivity index (χ2n) is 5.11. The number of hydrogen-bond donors (Lipinski definition) is 1. The highest BCUT2D eigenvalue weighted by molar-refractivity contribution is 5.26. The van der Waals surface area contributed by atoms with Gasteiger partial charge in [-0.1, -0.05) is 31.2 Å². The third-order valence-corrected chi connectivity index (χ3v) is 3.65. The molecule has 20 heavy (non-hydrogen) atoms. The molecule has 0 aliphatic heterocycles. The molecule has 4 heteroatoms. The fraction of sp³-hybridized carbons (Fsp3) is 0.438. The molecule has 4 nitrogen and oxygen atoms in total. The highest BCUT2D eigenvalue weighted by Gasteiger charge is 2.07. The van der Waals surface area contributed by atoms with E-state index in [1.807, 2.05) is 17.9 Å². The van der Waals surface area contributed by atoms with Crippen molar-refractivity contribution in [1.82, 2.24) is 14.7 Å². The molecular formula is C16H24N4. The molecule has 2 aromatic rings. The minimum atomic E-state index is 0.607. The molecule has 0 fully saturated rings. The van der Waals surface area contributed by atoms with Gasteiger partial charge < -0.3 is 5.73 Å². The van der Waals surface area contributed by atoms with Gasteiger partial charge in [0.05, 0.1) is 6.20 Å². The first-order valence-electron chi connectivity index (χ1n) is 7.19. The molecule has 0 aliphatic rings. The average Bonchev–Trinajstić information content (AvgIpc) is 2.89. The van der Waals surface area contributed by atoms with Gasteiger partial charge in [-0.2, -0.15) is 5.10 Å². The van der Waals surface area contributed by atoms with E-state index in [0.29, 0.717) is 6.54 Å². The van der Waals surface area contributed by atoms with Crippen molar-refractivity contribution >= 4 is 0 Å². The molecule has 2 N–H and O–H groups in total. The molecule has 0 saturated heterocycles. The van der Waals surface area contributed by atoms with Crippen LogP contribution >= 0.6 is 0 Å². The van der Waals surface area contributed by atoms with Crippen molar-refractivity contribution < 1.29 is 0 Å². The Kier molecular flexibility index (Phi) is 5.32. The lowest BCUT2D eigenvalue weighted by Crippen LogP contribution is -2.26. The zero-order valence-corrected chi connectivity index (χ0v) is 12.4. The van der Waals surface area contributed by atoms with Crippen LogP contribution in [0.1, 0.15) is 23.6 Å². The maximum atomic E-state index is 5.81. The first-order chi connectivity index (χ1) is 9.72. The summed E-state index contributed by atoms with van der Waals surface area (Å²) < 4.78 is 1.86. The Bertz CT molecular complexity index is 533. The first-order valence-corrected chi connectivity index (χ1v) is 7.19. The largest absolute Gasteiger partial charge is 0.326 e. The van der Waals surface area contributed by atoms with Gasteiger partial charge in [-0.15, -0.1) is 0 Å². The average molecular weight is 272 g/mol. The van der Waals surface area contributed by atoms with Gasteiger partial charge in [0.25, 0.3) is 0 Å². The lowest BCUT2D eigenvalue weighted by Gasteiger charge is -2.21. The summed E-state index contributed by atoms with van der Waals surface area (Å²) in [5.74, 6) is 0. The molecule has 0 bridgehead atoms. The monoisotopic (exact) mass is 272 g/mol. The van der Waals surface area contributed by atoms with E-state index in [1.54, 1.807) is 0 Å². The number of hydrogen-bond acceptors (Lipinski definition) is 3. The smallest absolute Gasteiger partial charge is 0.0522 e. The van der Waals surface area contributed by atoms with Crippen LogP contribution in [0, 0.1) is 0 Å². The second-order valence-corrected chi connectivity index (χ2v) is 5.11. The Balaban J connectivity index is 1.94. The minimum absolute atomic E-state index is 0.607. The van der Waals surface area contributed by atoms with Gasteiger partial charge in [0.2, 0.25) is 0 Å². The van der Waals surface area contributed by atoms with Crippen molar-refractivity contribution in [1.29, 1.82) is 0 Å². The molecule has 2 rings (SSSR count). The molecule has 0 amide bonds. The number of likely N-dealkylation sites (N-methyl/N-ethyl adjacent to an activating group) is 1. The van der Waals surface area contributed by atoms with Crippen LogP contribution in [-0.4, -0.2) is 27.8 Å². The number of nitrogens with two attached hydrogens (primary N) is 1. The van der Waals surface area contributed by atoms with Crippen molar-refractivity contribution in [2.75, 3.05) is 13.1 Å². The van der Waals surface area contributed by atoms with E-state index in [-0.39, 0.29) is 0 Å². The van der Waals surface area contributed by atoms with Crippen LogP contribution in [0.4, 0.5) is 0 Å². The Morgan fingerprint density at radius 2 is 2.00 bits per heavy atom. The second kappa shape index (κ2) is 7.22. The summed E-state index contributed by atoms with van der Waals surface area (Å²) in [5.41, 5.74) is 9.67. The van der Waals surface area contributed by atoms with Crippen LogP contribution in [0.25, 0.3) is 0 Å². The zero-order valence-electron chi connectivity index (χ0n) is 12.4. The van der Waals surface area contributed by atoms with E-state index in [0.717, 1.165) is 26.1 Å². The van der Waals surface area contributed by atoms with Crippen LogP contribution in [0.3, 0.4) is 0 Å². The minimum Gasteiger partial charge on any atom is -0.326 e. The Labute approximate surface area is 121 Å². The van der Waals surface area contributed by atoms with Gasteiger partial charge in [-0.3, -0.25) is 9.58 Å². The summed E-state index contributed by atoms with van der Waals surface area (Å²) in [6.07, 6.45) is 5.07. The highest BCUT2D eigenvalue weighted by Crippen LogP contribution is 2.12. The number of aryl methyl sites for hydroxylation is 1. The summed E-state index contributed by atoms with van der Waals surface area (Å²) >= 11 is 0. The summed E-state index contributed by atoms with van der Waals surface area (Å²) in [6, 6.07) is 8.43. The first kappa shape index (κ1) is 14.8. The Hall–Kier alpha value is -1.65. The number of aromatic nitrogens is 2. The maximum Gasteiger partial charge on any atom is 0.0522 e. The summed E-state index contributed by atoms with van der Waals surface area (Å²) in [4.78, 5) is 2.45. The highest BCUT2D eigenvalue weighted by atomic mass is 15.2. The number of benzene rings is 1. The van der Waals surface area contributed by atoms with E-state index in [4.69, 9.17) is 5.73 Å². The molecule has 0 radical (unpaired) electrons.